The van der Waals surface area contributed by atoms with Gasteiger partial charge in [-0.15, -0.1) is 0 Å². The molecule has 108 valence electrons. The lowest BCUT2D eigenvalue weighted by atomic mass is 10.4. The van der Waals surface area contributed by atoms with E-state index in [0.29, 0.717) is 29.9 Å². The fourth-order valence-corrected chi connectivity index (χ4v) is 2.11. The second-order valence-corrected chi connectivity index (χ2v) is 4.91. The van der Waals surface area contributed by atoms with Crippen LogP contribution in [0.15, 0.2) is 34.2 Å². The molecule has 0 atom stereocenters. The van der Waals surface area contributed by atoms with Crippen molar-refractivity contribution in [2.45, 2.75) is 13.1 Å². The van der Waals surface area contributed by atoms with Gasteiger partial charge in [0.25, 0.3) is 5.56 Å². The first-order valence-electron chi connectivity index (χ1n) is 6.16. The van der Waals surface area contributed by atoms with Gasteiger partial charge >= 0.3 is 0 Å². The van der Waals surface area contributed by atoms with E-state index in [4.69, 9.17) is 4.74 Å². The summed E-state index contributed by atoms with van der Waals surface area (Å²) in [5.41, 5.74) is 0.512. The van der Waals surface area contributed by atoms with E-state index in [2.05, 4.69) is 31.3 Å². The molecule has 7 nitrogen and oxygen atoms in total. The summed E-state index contributed by atoms with van der Waals surface area (Å²) in [5.74, 6) is 0. The van der Waals surface area contributed by atoms with Gasteiger partial charge in [0.2, 0.25) is 0 Å². The summed E-state index contributed by atoms with van der Waals surface area (Å²) in [5, 5.41) is 7.28. The molecule has 0 bridgehead atoms. The fourth-order valence-electron chi connectivity index (χ4n) is 1.66. The lowest BCUT2D eigenvalue weighted by Crippen LogP contribution is -2.26. The molecule has 0 amide bonds. The van der Waals surface area contributed by atoms with Gasteiger partial charge in [-0.2, -0.15) is 5.10 Å². The average Bonchev–Trinajstić information content (AvgIpc) is 2.96. The Morgan fingerprint density at radius 3 is 3.00 bits per heavy atom. The largest absolute Gasteiger partial charge is 0.383 e. The highest BCUT2D eigenvalue weighted by atomic mass is 79.9. The third kappa shape index (κ3) is 3.67. The minimum Gasteiger partial charge on any atom is -0.383 e. The Morgan fingerprint density at radius 2 is 2.30 bits per heavy atom. The number of methoxy groups -OCH3 is 1. The van der Waals surface area contributed by atoms with E-state index in [1.165, 1.54) is 4.68 Å². The molecule has 1 N–H and O–H groups in total. The molecule has 0 unspecified atom stereocenters. The Labute approximate surface area is 124 Å². The molecule has 0 aromatic carbocycles. The van der Waals surface area contributed by atoms with Crippen LogP contribution in [0.2, 0.25) is 0 Å². The van der Waals surface area contributed by atoms with Crippen molar-refractivity contribution in [3.8, 4) is 0 Å². The topological polar surface area (TPSA) is 74.0 Å². The molecule has 8 heteroatoms. The van der Waals surface area contributed by atoms with E-state index < -0.39 is 0 Å². The van der Waals surface area contributed by atoms with E-state index in [1.807, 2.05) is 10.8 Å². The zero-order chi connectivity index (χ0) is 14.4. The average molecular weight is 342 g/mol. The third-order valence-electron chi connectivity index (χ3n) is 2.74. The molecule has 0 spiro atoms. The predicted octanol–water partition coefficient (Wildman–Crippen LogP) is 0.961. The van der Waals surface area contributed by atoms with Crippen LogP contribution in [0.4, 0.5) is 5.69 Å². The quantitative estimate of drug-likeness (QED) is 0.811. The van der Waals surface area contributed by atoms with Gasteiger partial charge in [0, 0.05) is 32.6 Å². The highest BCUT2D eigenvalue weighted by molar-refractivity contribution is 9.10. The van der Waals surface area contributed by atoms with Gasteiger partial charge in [-0.25, -0.2) is 9.67 Å². The van der Waals surface area contributed by atoms with Crippen LogP contribution in [-0.4, -0.2) is 39.6 Å². The molecule has 0 saturated heterocycles. The molecular weight excluding hydrogens is 326 g/mol. The molecule has 0 aliphatic carbocycles. The minimum absolute atomic E-state index is 0.172. The number of nitrogens with zero attached hydrogens (tertiary/aromatic N) is 4. The Bertz CT molecular complexity index is 596. The molecule has 2 rings (SSSR count). The molecule has 20 heavy (non-hydrogen) atoms. The van der Waals surface area contributed by atoms with Crippen molar-refractivity contribution in [2.75, 3.05) is 25.6 Å². The van der Waals surface area contributed by atoms with Crippen LogP contribution >= 0.6 is 15.9 Å². The molecule has 2 aromatic rings. The van der Waals surface area contributed by atoms with Gasteiger partial charge in [-0.1, -0.05) is 0 Å². The number of hydrogen-bond donors (Lipinski definition) is 1. The maximum atomic E-state index is 12.0. The van der Waals surface area contributed by atoms with Gasteiger partial charge in [-0.3, -0.25) is 4.79 Å². The second-order valence-electron chi connectivity index (χ2n) is 4.12. The maximum Gasteiger partial charge on any atom is 0.283 e. The van der Waals surface area contributed by atoms with Crippen molar-refractivity contribution < 1.29 is 4.74 Å². The van der Waals surface area contributed by atoms with Crippen LogP contribution in [-0.2, 0) is 17.8 Å². The van der Waals surface area contributed by atoms with E-state index in [1.54, 1.807) is 25.8 Å². The van der Waals surface area contributed by atoms with E-state index in [9.17, 15) is 4.79 Å². The Balaban J connectivity index is 1.98. The molecule has 0 saturated carbocycles. The van der Waals surface area contributed by atoms with Gasteiger partial charge in [0.15, 0.2) is 0 Å². The smallest absolute Gasteiger partial charge is 0.283 e. The second kappa shape index (κ2) is 7.20. The summed E-state index contributed by atoms with van der Waals surface area (Å²) in [6.45, 7) is 2.33. The highest BCUT2D eigenvalue weighted by Gasteiger charge is 2.08. The lowest BCUT2D eigenvalue weighted by Gasteiger charge is -2.10. The van der Waals surface area contributed by atoms with Crippen LogP contribution in [0.25, 0.3) is 0 Å². The van der Waals surface area contributed by atoms with Crippen molar-refractivity contribution in [1.29, 1.82) is 0 Å². The molecule has 0 fully saturated rings. The normalized spacial score (nSPS) is 10.7. The van der Waals surface area contributed by atoms with E-state index >= 15 is 0 Å². The SMILES string of the molecule is COCCn1ncc(NCCn2ccnc2)c(Br)c1=O. The summed E-state index contributed by atoms with van der Waals surface area (Å²) in [6.07, 6.45) is 7.00. The number of rotatable bonds is 7. The maximum absolute atomic E-state index is 12.0. The zero-order valence-corrected chi connectivity index (χ0v) is 12.7. The third-order valence-corrected chi connectivity index (χ3v) is 3.50. The number of imidazole rings is 1. The van der Waals surface area contributed by atoms with Gasteiger partial charge in [-0.05, 0) is 15.9 Å². The van der Waals surface area contributed by atoms with Crippen LogP contribution in [0.5, 0.6) is 0 Å². The minimum atomic E-state index is -0.172. The monoisotopic (exact) mass is 341 g/mol. The molecule has 0 radical (unpaired) electrons. The summed E-state index contributed by atoms with van der Waals surface area (Å²) < 4.78 is 8.74. The van der Waals surface area contributed by atoms with Crippen molar-refractivity contribution in [2.24, 2.45) is 0 Å². The van der Waals surface area contributed by atoms with E-state index in [-0.39, 0.29) is 5.56 Å². The van der Waals surface area contributed by atoms with Gasteiger partial charge in [0.05, 0.1) is 31.4 Å². The standard InChI is InChI=1S/C12H16BrN5O2/c1-20-7-6-18-12(19)11(13)10(8-16-18)15-3-5-17-4-2-14-9-17/h2,4,8-9,15H,3,5-7H2,1H3. The van der Waals surface area contributed by atoms with Crippen LogP contribution < -0.4 is 10.9 Å². The zero-order valence-electron chi connectivity index (χ0n) is 11.1. The Morgan fingerprint density at radius 1 is 1.45 bits per heavy atom. The Hall–Kier alpha value is -1.67. The highest BCUT2D eigenvalue weighted by Crippen LogP contribution is 2.15. The number of halogens is 1. The first-order chi connectivity index (χ1) is 9.72. The number of anilines is 1. The van der Waals surface area contributed by atoms with Crippen LogP contribution in [0.1, 0.15) is 0 Å². The van der Waals surface area contributed by atoms with E-state index in [0.717, 1.165) is 6.54 Å². The summed E-state index contributed by atoms with van der Waals surface area (Å²) in [4.78, 5) is 16.0. The molecular formula is C12H16BrN5O2. The van der Waals surface area contributed by atoms with Gasteiger partial charge in [0.1, 0.15) is 4.47 Å². The van der Waals surface area contributed by atoms with Gasteiger partial charge < -0.3 is 14.6 Å². The predicted molar refractivity (Wildman–Crippen MR) is 78.8 cm³/mol. The molecule has 2 heterocycles. The first kappa shape index (κ1) is 14.7. The molecule has 0 aliphatic heterocycles. The first-order valence-corrected chi connectivity index (χ1v) is 6.96. The lowest BCUT2D eigenvalue weighted by molar-refractivity contribution is 0.181. The van der Waals surface area contributed by atoms with Crippen molar-refractivity contribution in [3.63, 3.8) is 0 Å². The fraction of sp³-hybridized carbons (Fsp3) is 0.417. The van der Waals surface area contributed by atoms with Crippen LogP contribution in [0.3, 0.4) is 0 Å². The van der Waals surface area contributed by atoms with Crippen molar-refractivity contribution in [3.05, 3.63) is 39.7 Å². The number of hydrogen-bond acceptors (Lipinski definition) is 5. The number of aromatic nitrogens is 4. The van der Waals surface area contributed by atoms with Crippen molar-refractivity contribution in [1.82, 2.24) is 19.3 Å². The Kier molecular flexibility index (Phi) is 5.31. The summed E-state index contributed by atoms with van der Waals surface area (Å²) >= 11 is 3.31. The van der Waals surface area contributed by atoms with Crippen molar-refractivity contribution >= 4 is 21.6 Å². The van der Waals surface area contributed by atoms with Crippen LogP contribution in [0, 0.1) is 0 Å². The number of ether oxygens (including phenoxy) is 1. The summed E-state index contributed by atoms with van der Waals surface area (Å²) in [7, 11) is 1.59. The number of nitrogens with one attached hydrogen (secondary N) is 1. The molecule has 2 aromatic heterocycles. The summed E-state index contributed by atoms with van der Waals surface area (Å²) in [6, 6.07) is 0. The molecule has 0 aliphatic rings.